The number of hydrogen-bond donors (Lipinski definition) is 2. The van der Waals surface area contributed by atoms with Gasteiger partial charge in [0.1, 0.15) is 5.82 Å². The molecule has 3 heterocycles. The van der Waals surface area contributed by atoms with E-state index in [4.69, 9.17) is 4.42 Å². The molecule has 0 bridgehead atoms. The molecule has 0 spiro atoms. The van der Waals surface area contributed by atoms with Crippen LogP contribution >= 0.6 is 0 Å². The molecule has 0 aliphatic heterocycles. The van der Waals surface area contributed by atoms with Crippen LogP contribution in [0.15, 0.2) is 41.2 Å². The van der Waals surface area contributed by atoms with Crippen molar-refractivity contribution in [2.75, 3.05) is 5.32 Å². The van der Waals surface area contributed by atoms with Gasteiger partial charge in [-0.15, -0.1) is 0 Å². The molecule has 8 nitrogen and oxygen atoms in total. The van der Waals surface area contributed by atoms with Gasteiger partial charge in [-0.2, -0.15) is 0 Å². The second-order valence-corrected chi connectivity index (χ2v) is 5.94. The van der Waals surface area contributed by atoms with Crippen molar-refractivity contribution in [3.05, 3.63) is 60.0 Å². The third-order valence-corrected chi connectivity index (χ3v) is 3.91. The highest BCUT2D eigenvalue weighted by molar-refractivity contribution is 6.03. The molecule has 4 rings (SSSR count). The number of nitrogens with one attached hydrogen (secondary N) is 1. The summed E-state index contributed by atoms with van der Waals surface area (Å²) in [7, 11) is 0. The number of fused-ring (bicyclic) bond motifs is 1. The monoisotopic (exact) mass is 427 g/mol. The zero-order valence-corrected chi connectivity index (χ0v) is 18.4. The summed E-state index contributed by atoms with van der Waals surface area (Å²) >= 11 is 0. The molecule has 0 unspecified atom stereocenters. The van der Waals surface area contributed by atoms with Crippen LogP contribution in [0.2, 0.25) is 0 Å². The number of oxazole rings is 1. The van der Waals surface area contributed by atoms with Crippen LogP contribution in [0.25, 0.3) is 17.0 Å². The fourth-order valence-corrected chi connectivity index (χ4v) is 2.73. The van der Waals surface area contributed by atoms with E-state index >= 15 is 0 Å². The lowest BCUT2D eigenvalue weighted by Crippen LogP contribution is -2.12. The van der Waals surface area contributed by atoms with Gasteiger partial charge in [-0.05, 0) is 25.1 Å². The van der Waals surface area contributed by atoms with Gasteiger partial charge in [0.25, 0.3) is 5.91 Å². The average molecular weight is 427 g/mol. The number of benzene rings is 1. The van der Waals surface area contributed by atoms with Crippen molar-refractivity contribution in [3.63, 3.8) is 0 Å². The topological polar surface area (TPSA) is 106 Å². The van der Waals surface area contributed by atoms with E-state index in [1.54, 1.807) is 13.8 Å². The van der Waals surface area contributed by atoms with E-state index in [9.17, 15) is 14.3 Å². The van der Waals surface area contributed by atoms with Crippen molar-refractivity contribution in [1.29, 1.82) is 0 Å². The highest BCUT2D eigenvalue weighted by Crippen LogP contribution is 2.26. The SMILES string of the molecule is CC.CC.Cc1nc(C)c(C(=O)Nc2ccc(F)c(-c3cn4cc(O)cnc4n3)c2)o1. The first-order valence-corrected chi connectivity index (χ1v) is 10.00. The lowest BCUT2D eigenvalue weighted by Gasteiger charge is -2.06. The molecule has 0 fully saturated rings. The summed E-state index contributed by atoms with van der Waals surface area (Å²) in [6, 6.07) is 4.14. The minimum absolute atomic E-state index is 0.0364. The number of nitrogens with zero attached hydrogens (tertiary/aromatic N) is 4. The minimum Gasteiger partial charge on any atom is -0.505 e. The molecule has 2 N–H and O–H groups in total. The number of carbonyl (C=O) groups excluding carboxylic acids is 1. The second kappa shape index (κ2) is 10.3. The van der Waals surface area contributed by atoms with Gasteiger partial charge in [0, 0.05) is 24.4 Å². The number of imidazole rings is 1. The lowest BCUT2D eigenvalue weighted by atomic mass is 10.1. The molecule has 0 atom stereocenters. The Kier molecular flexibility index (Phi) is 7.84. The zero-order chi connectivity index (χ0) is 23.1. The van der Waals surface area contributed by atoms with Crippen LogP contribution in [0.3, 0.4) is 0 Å². The number of hydrogen-bond acceptors (Lipinski definition) is 6. The molecule has 1 amide bonds. The average Bonchev–Trinajstić information content (AvgIpc) is 3.34. The Morgan fingerprint density at radius 1 is 1.13 bits per heavy atom. The smallest absolute Gasteiger partial charge is 0.293 e. The normalized spacial score (nSPS) is 10.0. The van der Waals surface area contributed by atoms with Crippen LogP contribution in [0.4, 0.5) is 10.1 Å². The Labute approximate surface area is 179 Å². The molecule has 0 radical (unpaired) electrons. The Morgan fingerprint density at radius 3 is 2.48 bits per heavy atom. The molecule has 1 aromatic carbocycles. The molecular formula is C22H26FN5O3. The maximum absolute atomic E-state index is 14.3. The number of halogens is 1. The van der Waals surface area contributed by atoms with E-state index in [2.05, 4.69) is 20.3 Å². The lowest BCUT2D eigenvalue weighted by molar-refractivity contribution is 0.0994. The van der Waals surface area contributed by atoms with E-state index in [0.29, 0.717) is 28.7 Å². The number of aromatic hydroxyl groups is 1. The van der Waals surface area contributed by atoms with Gasteiger partial charge in [0.05, 0.1) is 23.8 Å². The van der Waals surface area contributed by atoms with E-state index in [-0.39, 0.29) is 17.1 Å². The van der Waals surface area contributed by atoms with Crippen LogP contribution in [-0.4, -0.2) is 30.4 Å². The first kappa shape index (κ1) is 23.5. The van der Waals surface area contributed by atoms with Gasteiger partial charge >= 0.3 is 0 Å². The number of aryl methyl sites for hydroxylation is 2. The fraction of sp³-hybridized carbons (Fsp3) is 0.273. The van der Waals surface area contributed by atoms with Crippen LogP contribution in [0, 0.1) is 19.7 Å². The Hall–Kier alpha value is -3.75. The summed E-state index contributed by atoms with van der Waals surface area (Å²) in [5.41, 5.74) is 1.34. The largest absolute Gasteiger partial charge is 0.505 e. The van der Waals surface area contributed by atoms with Crippen LogP contribution in [-0.2, 0) is 0 Å². The zero-order valence-electron chi connectivity index (χ0n) is 18.4. The maximum Gasteiger partial charge on any atom is 0.293 e. The molecule has 0 saturated carbocycles. The van der Waals surface area contributed by atoms with Gasteiger partial charge in [0.2, 0.25) is 11.5 Å². The summed E-state index contributed by atoms with van der Waals surface area (Å²) < 4.78 is 21.1. The van der Waals surface area contributed by atoms with Gasteiger partial charge in [0.15, 0.2) is 11.6 Å². The molecule has 0 aliphatic rings. The van der Waals surface area contributed by atoms with Gasteiger partial charge in [-0.1, -0.05) is 27.7 Å². The number of rotatable bonds is 3. The molecule has 3 aromatic heterocycles. The highest BCUT2D eigenvalue weighted by Gasteiger charge is 2.17. The standard InChI is InChI=1S/C18H14FN5O3.2C2H6/c1-9-16(27-10(2)21-9)17(26)22-11-3-4-14(19)13(5-11)15-8-24-7-12(25)6-20-18(24)23-15;2*1-2/h3-8,25H,1-2H3,(H,22,26);2*1-2H3. The number of aromatic nitrogens is 4. The van der Waals surface area contributed by atoms with Crippen molar-refractivity contribution in [1.82, 2.24) is 19.4 Å². The van der Waals surface area contributed by atoms with Gasteiger partial charge < -0.3 is 14.8 Å². The van der Waals surface area contributed by atoms with Crippen LogP contribution in [0.1, 0.15) is 49.8 Å². The number of carbonyl (C=O) groups is 1. The third kappa shape index (κ3) is 5.25. The Bertz CT molecular complexity index is 1180. The van der Waals surface area contributed by atoms with E-state index in [0.717, 1.165) is 0 Å². The van der Waals surface area contributed by atoms with Crippen molar-refractivity contribution >= 4 is 17.4 Å². The summed E-state index contributed by atoms with van der Waals surface area (Å²) in [4.78, 5) is 24.6. The maximum atomic E-state index is 14.3. The van der Waals surface area contributed by atoms with Gasteiger partial charge in [-0.25, -0.2) is 19.3 Å². The van der Waals surface area contributed by atoms with Crippen LogP contribution in [0.5, 0.6) is 5.75 Å². The Morgan fingerprint density at radius 2 is 1.84 bits per heavy atom. The molecule has 0 saturated heterocycles. The number of anilines is 1. The van der Waals surface area contributed by atoms with Crippen LogP contribution < -0.4 is 5.32 Å². The van der Waals surface area contributed by atoms with Crippen molar-refractivity contribution in [3.8, 4) is 17.0 Å². The van der Waals surface area contributed by atoms with Crippen molar-refractivity contribution in [2.24, 2.45) is 0 Å². The van der Waals surface area contributed by atoms with Crippen molar-refractivity contribution < 1.29 is 18.7 Å². The molecule has 0 aliphatic carbocycles. The minimum atomic E-state index is -0.507. The second-order valence-electron chi connectivity index (χ2n) is 5.94. The third-order valence-electron chi connectivity index (χ3n) is 3.91. The van der Waals surface area contributed by atoms with Crippen molar-refractivity contribution in [2.45, 2.75) is 41.5 Å². The van der Waals surface area contributed by atoms with E-state index < -0.39 is 11.7 Å². The quantitative estimate of drug-likeness (QED) is 0.468. The first-order chi connectivity index (χ1) is 14.9. The Balaban J connectivity index is 0.000000807. The molecule has 164 valence electrons. The molecule has 31 heavy (non-hydrogen) atoms. The predicted molar refractivity (Wildman–Crippen MR) is 117 cm³/mol. The fourth-order valence-electron chi connectivity index (χ4n) is 2.73. The van der Waals surface area contributed by atoms with E-state index in [1.165, 1.54) is 41.2 Å². The molecule has 9 heteroatoms. The molecular weight excluding hydrogens is 401 g/mol. The van der Waals surface area contributed by atoms with E-state index in [1.807, 2.05) is 27.7 Å². The van der Waals surface area contributed by atoms with Gasteiger partial charge in [-0.3, -0.25) is 9.20 Å². The molecule has 4 aromatic rings. The summed E-state index contributed by atoms with van der Waals surface area (Å²) in [6.07, 6.45) is 4.20. The predicted octanol–water partition coefficient (Wildman–Crippen LogP) is 5.15. The summed E-state index contributed by atoms with van der Waals surface area (Å²) in [5, 5.41) is 12.2. The number of amides is 1. The summed E-state index contributed by atoms with van der Waals surface area (Å²) in [6.45, 7) is 11.3. The summed E-state index contributed by atoms with van der Waals surface area (Å²) in [5.74, 6) is -0.224. The first-order valence-electron chi connectivity index (χ1n) is 10.00. The highest BCUT2D eigenvalue weighted by atomic mass is 19.1.